The van der Waals surface area contributed by atoms with E-state index in [0.29, 0.717) is 22.6 Å². The molecule has 18 heavy (non-hydrogen) atoms. The van der Waals surface area contributed by atoms with Gasteiger partial charge in [0.25, 0.3) is 0 Å². The molecule has 0 aliphatic rings. The second kappa shape index (κ2) is 5.59. The van der Waals surface area contributed by atoms with E-state index in [9.17, 15) is 9.90 Å². The number of carbonyl (C=O) groups is 1. The highest BCUT2D eigenvalue weighted by molar-refractivity contribution is 5.74. The first-order chi connectivity index (χ1) is 8.42. The summed E-state index contributed by atoms with van der Waals surface area (Å²) in [5.41, 5.74) is 6.61. The van der Waals surface area contributed by atoms with Gasteiger partial charge in [-0.3, -0.25) is 4.79 Å². The van der Waals surface area contributed by atoms with Crippen LogP contribution < -0.4 is 15.2 Å². The van der Waals surface area contributed by atoms with Crippen LogP contribution in [0.25, 0.3) is 0 Å². The third-order valence-electron chi connectivity index (χ3n) is 2.68. The number of phenols is 1. The maximum Gasteiger partial charge on any atom is 0.320 e. The monoisotopic (exact) mass is 255 g/mol. The van der Waals surface area contributed by atoms with E-state index in [0.717, 1.165) is 0 Å². The van der Waals surface area contributed by atoms with Crippen LogP contribution in [0, 0.1) is 6.92 Å². The molecule has 4 N–H and O–H groups in total. The van der Waals surface area contributed by atoms with Gasteiger partial charge in [-0.05, 0) is 13.0 Å². The molecule has 1 aromatic rings. The number of phenolic OH excluding ortho intramolecular Hbond substituents is 1. The van der Waals surface area contributed by atoms with Crippen LogP contribution in [0.1, 0.15) is 11.1 Å². The molecule has 6 heteroatoms. The maximum absolute atomic E-state index is 10.7. The minimum Gasteiger partial charge on any atom is -0.504 e. The first-order valence-electron chi connectivity index (χ1n) is 5.34. The van der Waals surface area contributed by atoms with Crippen LogP contribution in [0.4, 0.5) is 0 Å². The first kappa shape index (κ1) is 14.1. The van der Waals surface area contributed by atoms with Crippen molar-refractivity contribution in [1.29, 1.82) is 0 Å². The lowest BCUT2D eigenvalue weighted by molar-refractivity contribution is -0.138. The third kappa shape index (κ3) is 2.65. The molecule has 100 valence electrons. The molecule has 1 rings (SSSR count). The normalized spacial score (nSPS) is 12.0. The summed E-state index contributed by atoms with van der Waals surface area (Å²) in [5, 5.41) is 18.6. The van der Waals surface area contributed by atoms with Crippen LogP contribution in [0.15, 0.2) is 6.07 Å². The number of carboxylic acids is 1. The molecule has 1 atom stereocenters. The molecule has 0 bridgehead atoms. The van der Waals surface area contributed by atoms with E-state index in [1.807, 2.05) is 0 Å². The van der Waals surface area contributed by atoms with E-state index in [4.69, 9.17) is 20.3 Å². The molecule has 1 aromatic carbocycles. The summed E-state index contributed by atoms with van der Waals surface area (Å²) < 4.78 is 10.3. The number of hydrogen-bond acceptors (Lipinski definition) is 5. The topological polar surface area (TPSA) is 102 Å². The standard InChI is InChI=1S/C12H17NO5/c1-6-10(17-2)7(4-8(13)12(15)16)5-9(14)11(6)18-3/h5,8,14H,4,13H2,1-3H3,(H,15,16)/t8-/m0/s1. The average molecular weight is 255 g/mol. The first-order valence-corrected chi connectivity index (χ1v) is 5.34. The van der Waals surface area contributed by atoms with Gasteiger partial charge in [0.1, 0.15) is 11.8 Å². The maximum atomic E-state index is 10.7. The Balaban J connectivity index is 3.24. The Morgan fingerprint density at radius 3 is 2.39 bits per heavy atom. The number of hydrogen-bond donors (Lipinski definition) is 3. The van der Waals surface area contributed by atoms with Gasteiger partial charge in [-0.1, -0.05) is 0 Å². The van der Waals surface area contributed by atoms with Crippen LogP contribution in [0.3, 0.4) is 0 Å². The summed E-state index contributed by atoms with van der Waals surface area (Å²) in [6.45, 7) is 1.72. The molecular weight excluding hydrogens is 238 g/mol. The number of nitrogens with two attached hydrogens (primary N) is 1. The minimum absolute atomic E-state index is 0.0663. The Morgan fingerprint density at radius 1 is 1.39 bits per heavy atom. The van der Waals surface area contributed by atoms with Crippen molar-refractivity contribution in [3.8, 4) is 17.2 Å². The highest BCUT2D eigenvalue weighted by atomic mass is 16.5. The van der Waals surface area contributed by atoms with Gasteiger partial charge in [0.15, 0.2) is 11.5 Å². The van der Waals surface area contributed by atoms with Gasteiger partial charge in [0.05, 0.1) is 14.2 Å². The molecule has 0 spiro atoms. The van der Waals surface area contributed by atoms with Crippen molar-refractivity contribution in [3.05, 3.63) is 17.2 Å². The smallest absolute Gasteiger partial charge is 0.320 e. The van der Waals surface area contributed by atoms with E-state index in [2.05, 4.69) is 0 Å². The van der Waals surface area contributed by atoms with Gasteiger partial charge < -0.3 is 25.4 Å². The third-order valence-corrected chi connectivity index (χ3v) is 2.68. The zero-order chi connectivity index (χ0) is 13.9. The van der Waals surface area contributed by atoms with Gasteiger partial charge in [-0.25, -0.2) is 0 Å². The van der Waals surface area contributed by atoms with Gasteiger partial charge in [-0.15, -0.1) is 0 Å². The quantitative estimate of drug-likeness (QED) is 0.714. The summed E-state index contributed by atoms with van der Waals surface area (Å²) in [4.78, 5) is 10.7. The second-order valence-electron chi connectivity index (χ2n) is 3.90. The number of benzene rings is 1. The van der Waals surface area contributed by atoms with Crippen LogP contribution in [0.2, 0.25) is 0 Å². The van der Waals surface area contributed by atoms with Crippen molar-refractivity contribution in [2.75, 3.05) is 14.2 Å². The van der Waals surface area contributed by atoms with Gasteiger partial charge in [-0.2, -0.15) is 0 Å². The number of methoxy groups -OCH3 is 2. The molecule has 0 saturated heterocycles. The molecular formula is C12H17NO5. The Bertz CT molecular complexity index is 458. The predicted molar refractivity (Wildman–Crippen MR) is 65.3 cm³/mol. The van der Waals surface area contributed by atoms with Crippen LogP contribution >= 0.6 is 0 Å². The summed E-state index contributed by atoms with van der Waals surface area (Å²) in [6, 6.07) is 0.360. The highest BCUT2D eigenvalue weighted by Gasteiger charge is 2.20. The number of rotatable bonds is 5. The van der Waals surface area contributed by atoms with E-state index in [-0.39, 0.29) is 12.2 Å². The SMILES string of the molecule is COc1c(O)cc(C[C@H](N)C(=O)O)c(OC)c1C. The minimum atomic E-state index is -1.11. The van der Waals surface area contributed by atoms with Crippen LogP contribution in [-0.4, -0.2) is 36.4 Å². The van der Waals surface area contributed by atoms with Crippen molar-refractivity contribution in [2.24, 2.45) is 5.73 Å². The lowest BCUT2D eigenvalue weighted by atomic mass is 10.0. The Labute approximate surface area is 105 Å². The number of aliphatic carboxylic acids is 1. The molecule has 0 saturated carbocycles. The largest absolute Gasteiger partial charge is 0.504 e. The summed E-state index contributed by atoms with van der Waals surface area (Å²) in [6.07, 6.45) is 0.0664. The summed E-state index contributed by atoms with van der Waals surface area (Å²) in [7, 11) is 2.90. The zero-order valence-electron chi connectivity index (χ0n) is 10.6. The fourth-order valence-corrected chi connectivity index (χ4v) is 1.85. The summed E-state index contributed by atoms with van der Waals surface area (Å²) in [5.74, 6) is -0.394. The van der Waals surface area contributed by atoms with Crippen molar-refractivity contribution < 1.29 is 24.5 Å². The van der Waals surface area contributed by atoms with E-state index < -0.39 is 12.0 Å². The van der Waals surface area contributed by atoms with Gasteiger partial charge in [0.2, 0.25) is 0 Å². The van der Waals surface area contributed by atoms with Crippen LogP contribution in [-0.2, 0) is 11.2 Å². The number of aromatic hydroxyl groups is 1. The Hall–Kier alpha value is -1.95. The second-order valence-corrected chi connectivity index (χ2v) is 3.90. The van der Waals surface area contributed by atoms with Crippen molar-refractivity contribution in [3.63, 3.8) is 0 Å². The number of ether oxygens (including phenoxy) is 2. The Kier molecular flexibility index (Phi) is 4.38. The van der Waals surface area contributed by atoms with E-state index >= 15 is 0 Å². The molecule has 0 amide bonds. The average Bonchev–Trinajstić information content (AvgIpc) is 2.29. The number of carboxylic acid groups (broad SMARTS) is 1. The predicted octanol–water partition coefficient (Wildman–Crippen LogP) is 0.672. The molecule has 0 radical (unpaired) electrons. The lowest BCUT2D eigenvalue weighted by Gasteiger charge is -2.17. The fraction of sp³-hybridized carbons (Fsp3) is 0.417. The fourth-order valence-electron chi connectivity index (χ4n) is 1.85. The molecule has 6 nitrogen and oxygen atoms in total. The van der Waals surface area contributed by atoms with Gasteiger partial charge in [0, 0.05) is 17.5 Å². The van der Waals surface area contributed by atoms with Crippen LogP contribution in [0.5, 0.6) is 17.2 Å². The van der Waals surface area contributed by atoms with Crippen molar-refractivity contribution in [1.82, 2.24) is 0 Å². The molecule has 0 aliphatic heterocycles. The molecule has 0 heterocycles. The van der Waals surface area contributed by atoms with Crippen molar-refractivity contribution in [2.45, 2.75) is 19.4 Å². The molecule has 0 aromatic heterocycles. The van der Waals surface area contributed by atoms with E-state index in [1.165, 1.54) is 20.3 Å². The van der Waals surface area contributed by atoms with Crippen molar-refractivity contribution >= 4 is 5.97 Å². The zero-order valence-corrected chi connectivity index (χ0v) is 10.6. The lowest BCUT2D eigenvalue weighted by Crippen LogP contribution is -2.32. The molecule has 0 unspecified atom stereocenters. The highest BCUT2D eigenvalue weighted by Crippen LogP contribution is 2.39. The van der Waals surface area contributed by atoms with E-state index in [1.54, 1.807) is 6.92 Å². The Morgan fingerprint density at radius 2 is 1.94 bits per heavy atom. The van der Waals surface area contributed by atoms with Gasteiger partial charge >= 0.3 is 5.97 Å². The molecule has 0 fully saturated rings. The molecule has 0 aliphatic carbocycles. The summed E-state index contributed by atoms with van der Waals surface area (Å²) >= 11 is 0.